The van der Waals surface area contributed by atoms with E-state index in [0.29, 0.717) is 6.54 Å². The monoisotopic (exact) mass is 408 g/mol. The summed E-state index contributed by atoms with van der Waals surface area (Å²) in [5.41, 5.74) is 4.23. The van der Waals surface area contributed by atoms with Crippen molar-refractivity contribution in [2.75, 3.05) is 38.1 Å². The van der Waals surface area contributed by atoms with Gasteiger partial charge in [0.1, 0.15) is 5.00 Å². The van der Waals surface area contributed by atoms with Crippen molar-refractivity contribution in [2.24, 2.45) is 0 Å². The van der Waals surface area contributed by atoms with Crippen LogP contribution in [-0.4, -0.2) is 48.6 Å². The first kappa shape index (κ1) is 19.7. The highest BCUT2D eigenvalue weighted by Crippen LogP contribution is 2.31. The van der Waals surface area contributed by atoms with Crippen LogP contribution in [0.2, 0.25) is 0 Å². The number of anilines is 1. The van der Waals surface area contributed by atoms with Gasteiger partial charge in [0.15, 0.2) is 0 Å². The lowest BCUT2D eigenvalue weighted by Crippen LogP contribution is -2.45. The number of carbonyl (C=O) groups is 1. The molecule has 1 aliphatic rings. The van der Waals surface area contributed by atoms with Gasteiger partial charge >= 0.3 is 0 Å². The number of para-hydroxylation sites is 1. The van der Waals surface area contributed by atoms with Gasteiger partial charge in [0.25, 0.3) is 5.91 Å². The summed E-state index contributed by atoms with van der Waals surface area (Å²) in [7, 11) is 2.16. The summed E-state index contributed by atoms with van der Waals surface area (Å²) >= 11 is 1.66. The minimum absolute atomic E-state index is 0.0104. The summed E-state index contributed by atoms with van der Waals surface area (Å²) in [6.07, 6.45) is 3.98. The van der Waals surface area contributed by atoms with E-state index in [-0.39, 0.29) is 5.91 Å². The number of rotatable bonds is 5. The molecular formula is C23H28N4OS. The molecule has 0 aliphatic carbocycles. The Morgan fingerprint density at radius 1 is 1.03 bits per heavy atom. The number of benzene rings is 1. The SMILES string of the molecule is Cc1sc(-n2cccc2)c(C(=O)NCc2ccccc2N2CCN(C)CC2)c1C. The fourth-order valence-electron chi connectivity index (χ4n) is 3.81. The minimum Gasteiger partial charge on any atom is -0.369 e. The second kappa shape index (κ2) is 8.43. The average molecular weight is 409 g/mol. The lowest BCUT2D eigenvalue weighted by atomic mass is 10.1. The molecule has 3 aromatic rings. The predicted molar refractivity (Wildman–Crippen MR) is 120 cm³/mol. The summed E-state index contributed by atoms with van der Waals surface area (Å²) < 4.78 is 2.03. The number of nitrogens with one attached hydrogen (secondary N) is 1. The Labute approximate surface area is 176 Å². The highest BCUT2D eigenvalue weighted by molar-refractivity contribution is 7.15. The van der Waals surface area contributed by atoms with E-state index < -0.39 is 0 Å². The van der Waals surface area contributed by atoms with Gasteiger partial charge in [-0.15, -0.1) is 11.3 Å². The first-order chi connectivity index (χ1) is 14.0. The van der Waals surface area contributed by atoms with Gasteiger partial charge in [-0.1, -0.05) is 18.2 Å². The molecule has 0 radical (unpaired) electrons. The van der Waals surface area contributed by atoms with Gasteiger partial charge in [0.05, 0.1) is 5.56 Å². The van der Waals surface area contributed by atoms with E-state index >= 15 is 0 Å². The Kier molecular flexibility index (Phi) is 5.74. The molecule has 0 unspecified atom stereocenters. The quantitative estimate of drug-likeness (QED) is 0.697. The highest BCUT2D eigenvalue weighted by Gasteiger charge is 2.21. The number of likely N-dealkylation sites (N-methyl/N-ethyl adjacent to an activating group) is 1. The number of hydrogen-bond donors (Lipinski definition) is 1. The minimum atomic E-state index is -0.0104. The molecule has 2 aromatic heterocycles. The van der Waals surface area contributed by atoms with E-state index in [4.69, 9.17) is 0 Å². The highest BCUT2D eigenvalue weighted by atomic mass is 32.1. The van der Waals surface area contributed by atoms with Gasteiger partial charge in [0.2, 0.25) is 0 Å². The van der Waals surface area contributed by atoms with Crippen LogP contribution in [0.25, 0.3) is 5.00 Å². The molecule has 1 aromatic carbocycles. The van der Waals surface area contributed by atoms with Crippen LogP contribution in [-0.2, 0) is 6.54 Å². The van der Waals surface area contributed by atoms with E-state index in [1.807, 2.05) is 42.1 Å². The number of aryl methyl sites for hydroxylation is 1. The van der Waals surface area contributed by atoms with Crippen molar-refractivity contribution in [2.45, 2.75) is 20.4 Å². The number of hydrogen-bond acceptors (Lipinski definition) is 4. The summed E-state index contributed by atoms with van der Waals surface area (Å²) in [6, 6.07) is 12.4. The molecule has 3 heterocycles. The smallest absolute Gasteiger partial charge is 0.254 e. The maximum Gasteiger partial charge on any atom is 0.254 e. The number of aromatic nitrogens is 1. The zero-order valence-corrected chi connectivity index (χ0v) is 18.1. The van der Waals surface area contributed by atoms with E-state index in [0.717, 1.165) is 47.9 Å². The van der Waals surface area contributed by atoms with Gasteiger partial charge in [-0.25, -0.2) is 0 Å². The fraction of sp³-hybridized carbons (Fsp3) is 0.348. The Morgan fingerprint density at radius 3 is 2.45 bits per heavy atom. The van der Waals surface area contributed by atoms with Crippen LogP contribution in [0.4, 0.5) is 5.69 Å². The molecule has 5 nitrogen and oxygen atoms in total. The third kappa shape index (κ3) is 4.09. The van der Waals surface area contributed by atoms with Crippen LogP contribution in [0.15, 0.2) is 48.8 Å². The van der Waals surface area contributed by atoms with Gasteiger partial charge in [-0.3, -0.25) is 4.79 Å². The normalized spacial score (nSPS) is 14.9. The third-order valence-corrected chi connectivity index (χ3v) is 6.93. The maximum atomic E-state index is 13.2. The van der Waals surface area contributed by atoms with Crippen LogP contribution in [0, 0.1) is 13.8 Å². The summed E-state index contributed by atoms with van der Waals surface area (Å²) in [6.45, 7) is 8.80. The van der Waals surface area contributed by atoms with Crippen molar-refractivity contribution in [3.63, 3.8) is 0 Å². The molecule has 0 atom stereocenters. The standard InChI is InChI=1S/C23H28N4OS/c1-17-18(2)29-23(27-10-6-7-11-27)21(17)22(28)24-16-19-8-4-5-9-20(19)26-14-12-25(3)13-15-26/h4-11H,12-16H2,1-3H3,(H,24,28). The second-order valence-electron chi connectivity index (χ2n) is 7.66. The topological polar surface area (TPSA) is 40.5 Å². The number of nitrogens with zero attached hydrogens (tertiary/aromatic N) is 3. The first-order valence-electron chi connectivity index (χ1n) is 10.1. The molecule has 1 saturated heterocycles. The van der Waals surface area contributed by atoms with Gasteiger partial charge in [-0.2, -0.15) is 0 Å². The molecule has 6 heteroatoms. The van der Waals surface area contributed by atoms with E-state index in [2.05, 4.69) is 47.3 Å². The summed E-state index contributed by atoms with van der Waals surface area (Å²) in [4.78, 5) is 19.1. The summed E-state index contributed by atoms with van der Waals surface area (Å²) in [5, 5.41) is 4.16. The van der Waals surface area contributed by atoms with Gasteiger partial charge in [0, 0.05) is 55.7 Å². The Morgan fingerprint density at radius 2 is 1.72 bits per heavy atom. The molecule has 152 valence electrons. The molecule has 29 heavy (non-hydrogen) atoms. The number of carbonyl (C=O) groups excluding carboxylic acids is 1. The number of piperazine rings is 1. The zero-order chi connectivity index (χ0) is 20.4. The molecule has 4 rings (SSSR count). The van der Waals surface area contributed by atoms with Crippen molar-refractivity contribution in [3.8, 4) is 5.00 Å². The van der Waals surface area contributed by atoms with Crippen LogP contribution in [0.3, 0.4) is 0 Å². The molecule has 1 amide bonds. The summed E-state index contributed by atoms with van der Waals surface area (Å²) in [5.74, 6) is -0.0104. The number of thiophene rings is 1. The van der Waals surface area contributed by atoms with Crippen LogP contribution in [0.1, 0.15) is 26.4 Å². The molecule has 0 saturated carbocycles. The molecule has 0 spiro atoms. The van der Waals surface area contributed by atoms with E-state index in [1.54, 1.807) is 11.3 Å². The molecule has 1 N–H and O–H groups in total. The predicted octanol–water partition coefficient (Wildman–Crippen LogP) is 3.84. The van der Waals surface area contributed by atoms with Crippen molar-refractivity contribution in [1.82, 2.24) is 14.8 Å². The zero-order valence-electron chi connectivity index (χ0n) is 17.3. The van der Waals surface area contributed by atoms with Gasteiger partial charge < -0.3 is 19.7 Å². The molecule has 1 fully saturated rings. The average Bonchev–Trinajstić information content (AvgIpc) is 3.36. The molecular weight excluding hydrogens is 380 g/mol. The fourth-order valence-corrected chi connectivity index (χ4v) is 4.93. The second-order valence-corrected chi connectivity index (χ2v) is 8.86. The maximum absolute atomic E-state index is 13.2. The van der Waals surface area contributed by atoms with E-state index in [1.165, 1.54) is 10.6 Å². The Hall–Kier alpha value is -2.57. The molecule has 1 aliphatic heterocycles. The number of amides is 1. The lowest BCUT2D eigenvalue weighted by Gasteiger charge is -2.35. The lowest BCUT2D eigenvalue weighted by molar-refractivity contribution is 0.0951. The van der Waals surface area contributed by atoms with Crippen molar-refractivity contribution >= 4 is 22.9 Å². The van der Waals surface area contributed by atoms with Crippen molar-refractivity contribution < 1.29 is 4.79 Å². The van der Waals surface area contributed by atoms with E-state index in [9.17, 15) is 4.79 Å². The Balaban J connectivity index is 1.53. The van der Waals surface area contributed by atoms with Crippen molar-refractivity contribution in [3.05, 3.63) is 70.4 Å². The van der Waals surface area contributed by atoms with Crippen LogP contribution >= 0.6 is 11.3 Å². The Bertz CT molecular complexity index is 984. The third-order valence-electron chi connectivity index (χ3n) is 5.71. The first-order valence-corrected chi connectivity index (χ1v) is 10.9. The largest absolute Gasteiger partial charge is 0.369 e. The molecule has 0 bridgehead atoms. The van der Waals surface area contributed by atoms with Gasteiger partial charge in [-0.05, 0) is 50.2 Å². The van der Waals surface area contributed by atoms with Crippen molar-refractivity contribution in [1.29, 1.82) is 0 Å². The van der Waals surface area contributed by atoms with Crippen LogP contribution < -0.4 is 10.2 Å². The van der Waals surface area contributed by atoms with Crippen LogP contribution in [0.5, 0.6) is 0 Å².